The van der Waals surface area contributed by atoms with E-state index in [0.717, 1.165) is 16.9 Å². The number of hydrogen-bond acceptors (Lipinski definition) is 3. The molecule has 0 bridgehead atoms. The highest BCUT2D eigenvalue weighted by Crippen LogP contribution is 2.46. The van der Waals surface area contributed by atoms with Crippen LogP contribution >= 0.6 is 0 Å². The summed E-state index contributed by atoms with van der Waals surface area (Å²) in [5.74, 6) is 0.522. The maximum atomic E-state index is 11.2. The van der Waals surface area contributed by atoms with Crippen molar-refractivity contribution in [3.63, 3.8) is 0 Å². The quantitative estimate of drug-likeness (QED) is 0.808. The summed E-state index contributed by atoms with van der Waals surface area (Å²) in [4.78, 5) is 11.2. The lowest BCUT2D eigenvalue weighted by atomic mass is 10.0. The topological polar surface area (TPSA) is 55.8 Å². The Morgan fingerprint density at radius 1 is 1.24 bits per heavy atom. The molecular weight excluding hydrogens is 220 g/mol. The Bertz CT molecular complexity index is 481. The van der Waals surface area contributed by atoms with Crippen LogP contribution in [0, 0.1) is 0 Å². The molecule has 1 aromatic rings. The summed E-state index contributed by atoms with van der Waals surface area (Å²) in [5, 5.41) is 9.21. The summed E-state index contributed by atoms with van der Waals surface area (Å²) >= 11 is 0. The summed E-state index contributed by atoms with van der Waals surface area (Å²) in [5.41, 5.74) is 1.97. The third-order valence-electron chi connectivity index (χ3n) is 3.54. The van der Waals surface area contributed by atoms with Crippen molar-refractivity contribution < 1.29 is 19.4 Å². The molecule has 1 aromatic carbocycles. The van der Waals surface area contributed by atoms with Crippen LogP contribution in [0.3, 0.4) is 0 Å². The van der Waals surface area contributed by atoms with Gasteiger partial charge >= 0.3 is 5.97 Å². The second-order valence-corrected chi connectivity index (χ2v) is 4.65. The van der Waals surface area contributed by atoms with E-state index in [4.69, 9.17) is 9.47 Å². The van der Waals surface area contributed by atoms with Gasteiger partial charge in [-0.05, 0) is 35.6 Å². The van der Waals surface area contributed by atoms with Crippen LogP contribution in [-0.4, -0.2) is 24.3 Å². The monoisotopic (exact) mass is 234 g/mol. The second kappa shape index (κ2) is 3.65. The van der Waals surface area contributed by atoms with Crippen molar-refractivity contribution in [2.24, 2.45) is 0 Å². The summed E-state index contributed by atoms with van der Waals surface area (Å²) in [6.45, 7) is 3.14. The zero-order valence-corrected chi connectivity index (χ0v) is 9.60. The molecule has 1 aliphatic carbocycles. The molecule has 0 aromatic heterocycles. The number of aliphatic carboxylic acids is 1. The summed E-state index contributed by atoms with van der Waals surface area (Å²) in [7, 11) is 0. The summed E-state index contributed by atoms with van der Waals surface area (Å²) in [6, 6.07) is 3.78. The lowest BCUT2D eigenvalue weighted by Crippen LogP contribution is -2.16. The fourth-order valence-electron chi connectivity index (χ4n) is 2.69. The Hall–Kier alpha value is -1.71. The van der Waals surface area contributed by atoms with Gasteiger partial charge in [0.1, 0.15) is 13.2 Å². The molecule has 0 saturated carbocycles. The lowest BCUT2D eigenvalue weighted by Gasteiger charge is -2.20. The Kier molecular flexibility index (Phi) is 2.24. The maximum Gasteiger partial charge on any atom is 0.311 e. The first-order valence-electron chi connectivity index (χ1n) is 5.83. The molecule has 2 aliphatic rings. The van der Waals surface area contributed by atoms with E-state index >= 15 is 0 Å². The zero-order chi connectivity index (χ0) is 12.0. The molecule has 17 heavy (non-hydrogen) atoms. The highest BCUT2D eigenvalue weighted by molar-refractivity contribution is 5.79. The molecule has 0 spiro atoms. The Morgan fingerprint density at radius 2 is 1.82 bits per heavy atom. The maximum absolute atomic E-state index is 11.2. The van der Waals surface area contributed by atoms with Crippen molar-refractivity contribution in [1.82, 2.24) is 0 Å². The van der Waals surface area contributed by atoms with Gasteiger partial charge in [-0.2, -0.15) is 0 Å². The van der Waals surface area contributed by atoms with Gasteiger partial charge in [0.15, 0.2) is 11.5 Å². The van der Waals surface area contributed by atoms with Crippen LogP contribution in [-0.2, 0) is 4.79 Å². The van der Waals surface area contributed by atoms with Crippen molar-refractivity contribution in [2.75, 3.05) is 13.2 Å². The molecule has 4 nitrogen and oxygen atoms in total. The number of benzene rings is 1. The SMILES string of the molecule is CC1CC(C(=O)O)c2cc3c(cc21)OCCO3. The molecule has 0 fully saturated rings. The van der Waals surface area contributed by atoms with Crippen LogP contribution in [0.1, 0.15) is 36.3 Å². The highest BCUT2D eigenvalue weighted by Gasteiger charge is 2.35. The average Bonchev–Trinajstić information content (AvgIpc) is 2.64. The second-order valence-electron chi connectivity index (χ2n) is 4.65. The van der Waals surface area contributed by atoms with Crippen LogP contribution in [0.25, 0.3) is 0 Å². The van der Waals surface area contributed by atoms with E-state index in [9.17, 15) is 9.90 Å². The van der Waals surface area contributed by atoms with Gasteiger partial charge in [-0.3, -0.25) is 4.79 Å². The number of rotatable bonds is 1. The molecule has 4 heteroatoms. The average molecular weight is 234 g/mol. The number of hydrogen-bond donors (Lipinski definition) is 1. The van der Waals surface area contributed by atoms with Crippen LogP contribution < -0.4 is 9.47 Å². The molecule has 0 amide bonds. The van der Waals surface area contributed by atoms with Gasteiger partial charge in [-0.1, -0.05) is 6.92 Å². The first-order chi connectivity index (χ1) is 8.16. The van der Waals surface area contributed by atoms with Gasteiger partial charge in [0.2, 0.25) is 0 Å². The first kappa shape index (κ1) is 10.4. The summed E-state index contributed by atoms with van der Waals surface area (Å²) in [6.07, 6.45) is 0.660. The van der Waals surface area contributed by atoms with Gasteiger partial charge in [0.05, 0.1) is 5.92 Å². The minimum atomic E-state index is -0.757. The van der Waals surface area contributed by atoms with E-state index in [1.165, 1.54) is 0 Å². The third kappa shape index (κ3) is 1.55. The fourth-order valence-corrected chi connectivity index (χ4v) is 2.69. The largest absolute Gasteiger partial charge is 0.486 e. The molecule has 3 rings (SSSR count). The van der Waals surface area contributed by atoms with Crippen LogP contribution in [0.4, 0.5) is 0 Å². The Balaban J connectivity index is 2.10. The predicted octanol–water partition coefficient (Wildman–Crippen LogP) is 2.13. The molecule has 1 heterocycles. The van der Waals surface area contributed by atoms with Crippen molar-refractivity contribution in [3.8, 4) is 11.5 Å². The van der Waals surface area contributed by atoms with Gasteiger partial charge < -0.3 is 14.6 Å². The predicted molar refractivity (Wildman–Crippen MR) is 60.8 cm³/mol. The molecule has 0 saturated heterocycles. The molecular formula is C13H14O4. The van der Waals surface area contributed by atoms with Crippen molar-refractivity contribution >= 4 is 5.97 Å². The molecule has 1 aliphatic heterocycles. The third-order valence-corrected chi connectivity index (χ3v) is 3.54. The lowest BCUT2D eigenvalue weighted by molar-refractivity contribution is -0.138. The van der Waals surface area contributed by atoms with E-state index in [0.29, 0.717) is 25.4 Å². The standard InChI is InChI=1S/C13H14O4/c1-7-4-10(13(14)15)9-6-12-11(5-8(7)9)16-2-3-17-12/h5-7,10H,2-4H2,1H3,(H,14,15). The van der Waals surface area contributed by atoms with E-state index in [1.807, 2.05) is 12.1 Å². The fraction of sp³-hybridized carbons (Fsp3) is 0.462. The van der Waals surface area contributed by atoms with Crippen molar-refractivity contribution in [3.05, 3.63) is 23.3 Å². The first-order valence-corrected chi connectivity index (χ1v) is 5.83. The number of ether oxygens (including phenoxy) is 2. The normalized spacial score (nSPS) is 25.5. The minimum absolute atomic E-state index is 0.266. The van der Waals surface area contributed by atoms with Gasteiger partial charge in [-0.25, -0.2) is 0 Å². The molecule has 2 unspecified atom stereocenters. The Labute approximate surface area is 99.2 Å². The number of carbonyl (C=O) groups is 1. The van der Waals surface area contributed by atoms with E-state index < -0.39 is 11.9 Å². The molecule has 90 valence electrons. The number of fused-ring (bicyclic) bond motifs is 2. The molecule has 2 atom stereocenters. The van der Waals surface area contributed by atoms with Gasteiger partial charge in [-0.15, -0.1) is 0 Å². The number of carboxylic acids is 1. The van der Waals surface area contributed by atoms with E-state index in [1.54, 1.807) is 0 Å². The summed E-state index contributed by atoms with van der Waals surface area (Å²) < 4.78 is 11.0. The van der Waals surface area contributed by atoms with Crippen molar-refractivity contribution in [1.29, 1.82) is 0 Å². The zero-order valence-electron chi connectivity index (χ0n) is 9.60. The van der Waals surface area contributed by atoms with Gasteiger partial charge in [0, 0.05) is 0 Å². The van der Waals surface area contributed by atoms with E-state index in [-0.39, 0.29) is 5.92 Å². The van der Waals surface area contributed by atoms with Crippen molar-refractivity contribution in [2.45, 2.75) is 25.2 Å². The minimum Gasteiger partial charge on any atom is -0.486 e. The van der Waals surface area contributed by atoms with Crippen LogP contribution in [0.5, 0.6) is 11.5 Å². The van der Waals surface area contributed by atoms with Crippen LogP contribution in [0.15, 0.2) is 12.1 Å². The van der Waals surface area contributed by atoms with Crippen LogP contribution in [0.2, 0.25) is 0 Å². The Morgan fingerprint density at radius 3 is 2.41 bits per heavy atom. The number of carboxylic acid groups (broad SMARTS) is 1. The molecule has 1 N–H and O–H groups in total. The highest BCUT2D eigenvalue weighted by atomic mass is 16.6. The smallest absolute Gasteiger partial charge is 0.311 e. The van der Waals surface area contributed by atoms with Gasteiger partial charge in [0.25, 0.3) is 0 Å². The molecule has 0 radical (unpaired) electrons. The van der Waals surface area contributed by atoms with E-state index in [2.05, 4.69) is 6.92 Å².